The lowest BCUT2D eigenvalue weighted by atomic mass is 9.63. The predicted octanol–water partition coefficient (Wildman–Crippen LogP) is 0.521. The molecule has 0 unspecified atom stereocenters. The molecule has 0 aromatic carbocycles. The van der Waals surface area contributed by atoms with E-state index in [0.717, 1.165) is 0 Å². The molecule has 2 amide bonds. The second-order valence-corrected chi connectivity index (χ2v) is 4.86. The summed E-state index contributed by atoms with van der Waals surface area (Å²) in [5.74, 6) is 0.186. The van der Waals surface area contributed by atoms with Crippen LogP contribution in [0.3, 0.4) is 0 Å². The molecule has 1 N–H and O–H groups in total. The van der Waals surface area contributed by atoms with E-state index in [1.807, 2.05) is 6.92 Å². The number of hydrogen-bond acceptors (Lipinski definition) is 3. The molecule has 0 bridgehead atoms. The van der Waals surface area contributed by atoms with E-state index in [4.69, 9.17) is 5.26 Å². The molecule has 5 nitrogen and oxygen atoms in total. The highest BCUT2D eigenvalue weighted by Gasteiger charge is 2.50. The molecule has 0 heterocycles. The minimum absolute atomic E-state index is 0.0994. The van der Waals surface area contributed by atoms with Gasteiger partial charge in [0.25, 0.3) is 0 Å². The predicted molar refractivity (Wildman–Crippen MR) is 62.8 cm³/mol. The summed E-state index contributed by atoms with van der Waals surface area (Å²) in [5, 5.41) is 11.6. The van der Waals surface area contributed by atoms with Gasteiger partial charge in [0.15, 0.2) is 0 Å². The van der Waals surface area contributed by atoms with E-state index >= 15 is 0 Å². The van der Waals surface area contributed by atoms with Crippen molar-refractivity contribution in [1.82, 2.24) is 10.2 Å². The maximum absolute atomic E-state index is 12.1. The fraction of sp³-hybridized carbons (Fsp3) is 0.750. The minimum Gasteiger partial charge on any atom is -0.359 e. The minimum atomic E-state index is -0.836. The van der Waals surface area contributed by atoms with Crippen molar-refractivity contribution < 1.29 is 9.59 Å². The summed E-state index contributed by atoms with van der Waals surface area (Å²) < 4.78 is 0. The normalized spacial score (nSPS) is 26.6. The maximum atomic E-state index is 12.1. The summed E-state index contributed by atoms with van der Waals surface area (Å²) >= 11 is 0. The fourth-order valence-electron chi connectivity index (χ4n) is 2.30. The van der Waals surface area contributed by atoms with Gasteiger partial charge in [-0.3, -0.25) is 9.59 Å². The molecular weight excluding hydrogens is 218 g/mol. The van der Waals surface area contributed by atoms with Gasteiger partial charge in [-0.05, 0) is 18.8 Å². The largest absolute Gasteiger partial charge is 0.359 e. The summed E-state index contributed by atoms with van der Waals surface area (Å²) in [5.41, 5.74) is -0.836. The number of amides is 2. The molecule has 94 valence electrons. The third-order valence-electron chi connectivity index (χ3n) is 3.32. The average Bonchev–Trinajstić information content (AvgIpc) is 2.30. The first-order valence-corrected chi connectivity index (χ1v) is 5.82. The SMILES string of the molecule is CNC(=O)CCN(C)C(=O)C1(C#N)CC(C)C1. The fourth-order valence-corrected chi connectivity index (χ4v) is 2.30. The lowest BCUT2D eigenvalue weighted by Gasteiger charge is -2.41. The van der Waals surface area contributed by atoms with E-state index < -0.39 is 5.41 Å². The van der Waals surface area contributed by atoms with E-state index in [2.05, 4.69) is 11.4 Å². The van der Waals surface area contributed by atoms with E-state index in [1.54, 1.807) is 14.1 Å². The smallest absolute Gasteiger partial charge is 0.242 e. The van der Waals surface area contributed by atoms with Gasteiger partial charge in [0.1, 0.15) is 5.41 Å². The van der Waals surface area contributed by atoms with Gasteiger partial charge in [0, 0.05) is 27.1 Å². The number of nitriles is 1. The van der Waals surface area contributed by atoms with Gasteiger partial charge in [-0.1, -0.05) is 6.92 Å². The zero-order chi connectivity index (χ0) is 13.1. The van der Waals surface area contributed by atoms with Crippen LogP contribution in [0.2, 0.25) is 0 Å². The number of nitrogens with one attached hydrogen (secondary N) is 1. The van der Waals surface area contributed by atoms with Crippen LogP contribution < -0.4 is 5.32 Å². The number of rotatable bonds is 4. The standard InChI is InChI=1S/C12H19N3O2/c1-9-6-12(7-9,8-13)11(17)15(3)5-4-10(16)14-2/h9H,4-7H2,1-3H3,(H,14,16). The van der Waals surface area contributed by atoms with E-state index in [-0.39, 0.29) is 18.2 Å². The van der Waals surface area contributed by atoms with Gasteiger partial charge in [-0.15, -0.1) is 0 Å². The van der Waals surface area contributed by atoms with Gasteiger partial charge in [0.05, 0.1) is 6.07 Å². The van der Waals surface area contributed by atoms with Gasteiger partial charge < -0.3 is 10.2 Å². The molecule has 1 aliphatic carbocycles. The molecule has 1 fully saturated rings. The van der Waals surface area contributed by atoms with Crippen molar-refractivity contribution in [1.29, 1.82) is 5.26 Å². The van der Waals surface area contributed by atoms with Crippen LogP contribution in [-0.2, 0) is 9.59 Å². The Kier molecular flexibility index (Phi) is 4.11. The van der Waals surface area contributed by atoms with Crippen LogP contribution in [0, 0.1) is 22.7 Å². The highest BCUT2D eigenvalue weighted by atomic mass is 16.2. The third-order valence-corrected chi connectivity index (χ3v) is 3.32. The molecule has 0 aliphatic heterocycles. The Morgan fingerprint density at radius 1 is 1.53 bits per heavy atom. The lowest BCUT2D eigenvalue weighted by molar-refractivity contribution is -0.144. The van der Waals surface area contributed by atoms with Gasteiger partial charge in [-0.25, -0.2) is 0 Å². The first kappa shape index (κ1) is 13.5. The second kappa shape index (κ2) is 5.17. The quantitative estimate of drug-likeness (QED) is 0.774. The molecule has 17 heavy (non-hydrogen) atoms. The number of carbonyl (C=O) groups excluding carboxylic acids is 2. The molecule has 0 radical (unpaired) electrons. The van der Waals surface area contributed by atoms with E-state index in [9.17, 15) is 9.59 Å². The molecule has 0 aromatic heterocycles. The van der Waals surface area contributed by atoms with Crippen LogP contribution >= 0.6 is 0 Å². The molecule has 0 spiro atoms. The first-order valence-electron chi connectivity index (χ1n) is 5.82. The first-order chi connectivity index (χ1) is 7.95. The monoisotopic (exact) mass is 237 g/mol. The number of nitrogens with zero attached hydrogens (tertiary/aromatic N) is 2. The Morgan fingerprint density at radius 2 is 2.12 bits per heavy atom. The van der Waals surface area contributed by atoms with Crippen molar-refractivity contribution in [3.05, 3.63) is 0 Å². The Bertz CT molecular complexity index is 353. The molecule has 0 atom stereocenters. The Labute approximate surface area is 102 Å². The van der Waals surface area contributed by atoms with Crippen molar-refractivity contribution in [3.8, 4) is 6.07 Å². The molecule has 1 saturated carbocycles. The van der Waals surface area contributed by atoms with Crippen LogP contribution in [0.15, 0.2) is 0 Å². The molecule has 1 aliphatic rings. The van der Waals surface area contributed by atoms with Gasteiger partial charge >= 0.3 is 0 Å². The van der Waals surface area contributed by atoms with Crippen LogP contribution in [0.1, 0.15) is 26.2 Å². The molecule has 0 saturated heterocycles. The zero-order valence-corrected chi connectivity index (χ0v) is 10.6. The topological polar surface area (TPSA) is 73.2 Å². The van der Waals surface area contributed by atoms with Crippen LogP contribution in [0.25, 0.3) is 0 Å². The van der Waals surface area contributed by atoms with Crippen molar-refractivity contribution in [2.45, 2.75) is 26.2 Å². The summed E-state index contributed by atoms with van der Waals surface area (Å²) in [6.45, 7) is 2.39. The summed E-state index contributed by atoms with van der Waals surface area (Å²) in [7, 11) is 3.21. The maximum Gasteiger partial charge on any atom is 0.242 e. The molecule has 5 heteroatoms. The molecular formula is C12H19N3O2. The Morgan fingerprint density at radius 3 is 2.53 bits per heavy atom. The van der Waals surface area contributed by atoms with Crippen LogP contribution in [0.5, 0.6) is 0 Å². The van der Waals surface area contributed by atoms with Gasteiger partial charge in [-0.2, -0.15) is 5.26 Å². The van der Waals surface area contributed by atoms with Gasteiger partial charge in [0.2, 0.25) is 11.8 Å². The van der Waals surface area contributed by atoms with Crippen molar-refractivity contribution >= 4 is 11.8 Å². The van der Waals surface area contributed by atoms with E-state index in [1.165, 1.54) is 4.90 Å². The number of hydrogen-bond donors (Lipinski definition) is 1. The second-order valence-electron chi connectivity index (χ2n) is 4.86. The Hall–Kier alpha value is -1.57. The molecule has 1 rings (SSSR count). The number of carbonyl (C=O) groups is 2. The lowest BCUT2D eigenvalue weighted by Crippen LogP contribution is -2.49. The van der Waals surface area contributed by atoms with Crippen LogP contribution in [-0.4, -0.2) is 37.4 Å². The highest BCUT2D eigenvalue weighted by Crippen LogP contribution is 2.46. The summed E-state index contributed by atoms with van der Waals surface area (Å²) in [6, 6.07) is 2.14. The van der Waals surface area contributed by atoms with Crippen molar-refractivity contribution in [2.75, 3.05) is 20.6 Å². The van der Waals surface area contributed by atoms with Crippen molar-refractivity contribution in [2.24, 2.45) is 11.3 Å². The zero-order valence-electron chi connectivity index (χ0n) is 10.6. The highest BCUT2D eigenvalue weighted by molar-refractivity contribution is 5.87. The van der Waals surface area contributed by atoms with Crippen molar-refractivity contribution in [3.63, 3.8) is 0 Å². The summed E-state index contributed by atoms with van der Waals surface area (Å²) in [4.78, 5) is 24.7. The molecule has 0 aromatic rings. The third kappa shape index (κ3) is 2.76. The summed E-state index contributed by atoms with van der Waals surface area (Å²) in [6.07, 6.45) is 1.54. The van der Waals surface area contributed by atoms with E-state index in [0.29, 0.717) is 25.3 Å². The average molecular weight is 237 g/mol. The van der Waals surface area contributed by atoms with Crippen LogP contribution in [0.4, 0.5) is 0 Å². The Balaban J connectivity index is 2.52.